The first kappa shape index (κ1) is 20.0. The second-order valence-electron chi connectivity index (χ2n) is 5.38. The number of carbonyl (C=O) groups excluding carboxylic acids is 2. The Morgan fingerprint density at radius 2 is 2.12 bits per heavy atom. The average molecular weight is 418 g/mol. The van der Waals surface area contributed by atoms with Crippen LogP contribution in [0.3, 0.4) is 0 Å². The normalized spacial score (nSPS) is 12.0. The molecule has 2 rings (SSSR count). The number of nitrogens with zero attached hydrogens (tertiary/aromatic N) is 1. The fraction of sp³-hybridized carbons (Fsp3) is 0.312. The molecule has 0 aliphatic carbocycles. The standard InChI is InChI=1S/C16H17Cl2N3O2S2/c1-8(11-4-3-10(17)5-12(11)18)20-15(23)7-24-16-21-9(2)13(25-16)6-14(19)22/h3-5,8H,6-7H2,1-2H3,(H2,19,22)(H,20,23). The first-order chi connectivity index (χ1) is 11.8. The van der Waals surface area contributed by atoms with Crippen molar-refractivity contribution in [3.63, 3.8) is 0 Å². The van der Waals surface area contributed by atoms with Gasteiger partial charge in [0.2, 0.25) is 11.8 Å². The third-order valence-electron chi connectivity index (χ3n) is 3.34. The van der Waals surface area contributed by atoms with Crippen LogP contribution in [0.4, 0.5) is 0 Å². The molecule has 0 saturated carbocycles. The minimum Gasteiger partial charge on any atom is -0.369 e. The van der Waals surface area contributed by atoms with Crippen LogP contribution in [-0.4, -0.2) is 22.6 Å². The first-order valence-electron chi connectivity index (χ1n) is 7.38. The molecule has 1 heterocycles. The fourth-order valence-electron chi connectivity index (χ4n) is 2.13. The molecule has 2 amide bonds. The summed E-state index contributed by atoms with van der Waals surface area (Å²) in [5.41, 5.74) is 6.78. The van der Waals surface area contributed by atoms with Crippen molar-refractivity contribution < 1.29 is 9.59 Å². The number of rotatable bonds is 7. The van der Waals surface area contributed by atoms with E-state index in [2.05, 4.69) is 10.3 Å². The lowest BCUT2D eigenvalue weighted by atomic mass is 10.1. The number of aromatic nitrogens is 1. The molecule has 9 heteroatoms. The zero-order valence-corrected chi connectivity index (χ0v) is 16.8. The topological polar surface area (TPSA) is 85.1 Å². The number of aryl methyl sites for hydroxylation is 1. The number of primary amides is 1. The Morgan fingerprint density at radius 3 is 2.76 bits per heavy atom. The summed E-state index contributed by atoms with van der Waals surface area (Å²) in [4.78, 5) is 28.3. The molecule has 1 unspecified atom stereocenters. The number of amides is 2. The van der Waals surface area contributed by atoms with Crippen LogP contribution in [0, 0.1) is 6.92 Å². The van der Waals surface area contributed by atoms with E-state index >= 15 is 0 Å². The highest BCUT2D eigenvalue weighted by Crippen LogP contribution is 2.28. The van der Waals surface area contributed by atoms with Gasteiger partial charge in [-0.25, -0.2) is 4.98 Å². The molecule has 0 fully saturated rings. The number of hydrogen-bond acceptors (Lipinski definition) is 5. The van der Waals surface area contributed by atoms with E-state index < -0.39 is 5.91 Å². The predicted octanol–water partition coefficient (Wildman–Crippen LogP) is 3.76. The number of thiazole rings is 1. The van der Waals surface area contributed by atoms with Crippen LogP contribution in [0.1, 0.15) is 29.1 Å². The number of nitrogens with one attached hydrogen (secondary N) is 1. The molecule has 0 aliphatic heterocycles. The summed E-state index contributed by atoms with van der Waals surface area (Å²) in [7, 11) is 0. The van der Waals surface area contributed by atoms with E-state index in [1.807, 2.05) is 13.8 Å². The monoisotopic (exact) mass is 417 g/mol. The summed E-state index contributed by atoms with van der Waals surface area (Å²) in [5.74, 6) is -0.305. The summed E-state index contributed by atoms with van der Waals surface area (Å²) in [6, 6.07) is 4.94. The Hall–Kier alpha value is -1.28. The van der Waals surface area contributed by atoms with Gasteiger partial charge >= 0.3 is 0 Å². The van der Waals surface area contributed by atoms with Gasteiger partial charge in [0.05, 0.1) is 23.9 Å². The number of nitrogens with two attached hydrogens (primary N) is 1. The largest absolute Gasteiger partial charge is 0.369 e. The summed E-state index contributed by atoms with van der Waals surface area (Å²) < 4.78 is 0.737. The predicted molar refractivity (Wildman–Crippen MR) is 103 cm³/mol. The van der Waals surface area contributed by atoms with Gasteiger partial charge in [-0.05, 0) is 31.5 Å². The molecule has 1 aromatic heterocycles. The van der Waals surface area contributed by atoms with Crippen LogP contribution in [0.15, 0.2) is 22.5 Å². The van der Waals surface area contributed by atoms with E-state index in [4.69, 9.17) is 28.9 Å². The highest BCUT2D eigenvalue weighted by molar-refractivity contribution is 8.01. The first-order valence-corrected chi connectivity index (χ1v) is 9.93. The number of halogens is 2. The highest BCUT2D eigenvalue weighted by atomic mass is 35.5. The van der Waals surface area contributed by atoms with Gasteiger partial charge in [0.25, 0.3) is 0 Å². The summed E-state index contributed by atoms with van der Waals surface area (Å²) in [5, 5.41) is 3.96. The highest BCUT2D eigenvalue weighted by Gasteiger charge is 2.15. The maximum Gasteiger partial charge on any atom is 0.230 e. The molecule has 1 atom stereocenters. The third kappa shape index (κ3) is 5.88. The third-order valence-corrected chi connectivity index (χ3v) is 6.20. The van der Waals surface area contributed by atoms with Gasteiger partial charge in [-0.3, -0.25) is 9.59 Å². The van der Waals surface area contributed by atoms with Gasteiger partial charge in [-0.1, -0.05) is 41.0 Å². The molecule has 0 spiro atoms. The second-order valence-corrected chi connectivity index (χ2v) is 8.52. The molecule has 5 nitrogen and oxygen atoms in total. The van der Waals surface area contributed by atoms with Crippen molar-refractivity contribution in [1.29, 1.82) is 0 Å². The molecule has 134 valence electrons. The van der Waals surface area contributed by atoms with Crippen molar-refractivity contribution in [1.82, 2.24) is 10.3 Å². The number of benzene rings is 1. The van der Waals surface area contributed by atoms with Crippen LogP contribution in [0.2, 0.25) is 10.0 Å². The molecular weight excluding hydrogens is 401 g/mol. The van der Waals surface area contributed by atoms with Crippen LogP contribution in [0.25, 0.3) is 0 Å². The minimum absolute atomic E-state index is 0.132. The van der Waals surface area contributed by atoms with Crippen molar-refractivity contribution >= 4 is 58.1 Å². The average Bonchev–Trinajstić information content (AvgIpc) is 2.84. The lowest BCUT2D eigenvalue weighted by molar-refractivity contribution is -0.119. The van der Waals surface area contributed by atoms with Crippen LogP contribution in [0.5, 0.6) is 0 Å². The van der Waals surface area contributed by atoms with E-state index in [0.29, 0.717) is 10.0 Å². The quantitative estimate of drug-likeness (QED) is 0.671. The fourth-order valence-corrected chi connectivity index (χ4v) is 4.75. The van der Waals surface area contributed by atoms with Gasteiger partial charge in [0, 0.05) is 14.9 Å². The zero-order chi connectivity index (χ0) is 18.6. The van der Waals surface area contributed by atoms with Gasteiger partial charge in [0.15, 0.2) is 4.34 Å². The zero-order valence-electron chi connectivity index (χ0n) is 13.6. The SMILES string of the molecule is Cc1nc(SCC(=O)NC(C)c2ccc(Cl)cc2Cl)sc1CC(N)=O. The number of thioether (sulfide) groups is 1. The van der Waals surface area contributed by atoms with Crippen molar-refractivity contribution in [3.8, 4) is 0 Å². The van der Waals surface area contributed by atoms with Crippen LogP contribution in [-0.2, 0) is 16.0 Å². The maximum absolute atomic E-state index is 12.1. The van der Waals surface area contributed by atoms with E-state index in [1.54, 1.807) is 18.2 Å². The van der Waals surface area contributed by atoms with Crippen molar-refractivity contribution in [2.75, 3.05) is 5.75 Å². The molecule has 1 aromatic carbocycles. The molecule has 25 heavy (non-hydrogen) atoms. The van der Waals surface area contributed by atoms with Crippen molar-refractivity contribution in [2.24, 2.45) is 5.73 Å². The lowest BCUT2D eigenvalue weighted by Crippen LogP contribution is -2.28. The Bertz CT molecular complexity index is 796. The molecule has 0 saturated heterocycles. The number of carbonyl (C=O) groups is 2. The maximum atomic E-state index is 12.1. The van der Waals surface area contributed by atoms with Crippen LogP contribution >= 0.6 is 46.3 Å². The summed E-state index contributed by atoms with van der Waals surface area (Å²) in [6.07, 6.45) is 0.169. The minimum atomic E-state index is -0.394. The molecule has 3 N–H and O–H groups in total. The van der Waals surface area contributed by atoms with Gasteiger partial charge < -0.3 is 11.1 Å². The van der Waals surface area contributed by atoms with E-state index in [9.17, 15) is 9.59 Å². The smallest absolute Gasteiger partial charge is 0.230 e. The molecule has 0 aliphatic rings. The Balaban J connectivity index is 1.91. The lowest BCUT2D eigenvalue weighted by Gasteiger charge is -2.15. The van der Waals surface area contributed by atoms with Gasteiger partial charge in [-0.2, -0.15) is 0 Å². The molecule has 0 bridgehead atoms. The number of hydrogen-bond donors (Lipinski definition) is 2. The molecule has 2 aromatic rings. The Labute approximate surface area is 164 Å². The van der Waals surface area contributed by atoms with E-state index in [0.717, 1.165) is 20.5 Å². The molecular formula is C16H17Cl2N3O2S2. The van der Waals surface area contributed by atoms with Crippen LogP contribution < -0.4 is 11.1 Å². The van der Waals surface area contributed by atoms with Crippen molar-refractivity contribution in [2.45, 2.75) is 30.6 Å². The van der Waals surface area contributed by atoms with Crippen molar-refractivity contribution in [3.05, 3.63) is 44.4 Å². The molecule has 0 radical (unpaired) electrons. The van der Waals surface area contributed by atoms with Gasteiger partial charge in [-0.15, -0.1) is 11.3 Å². The van der Waals surface area contributed by atoms with E-state index in [1.165, 1.54) is 23.1 Å². The summed E-state index contributed by atoms with van der Waals surface area (Å²) in [6.45, 7) is 3.68. The Kier molecular flexibility index (Phi) is 7.13. The van der Waals surface area contributed by atoms with Gasteiger partial charge in [0.1, 0.15) is 0 Å². The summed E-state index contributed by atoms with van der Waals surface area (Å²) >= 11 is 14.7. The van der Waals surface area contributed by atoms with E-state index in [-0.39, 0.29) is 24.1 Å². The second kappa shape index (κ2) is 8.89. The Morgan fingerprint density at radius 1 is 1.40 bits per heavy atom.